The highest BCUT2D eigenvalue weighted by atomic mass is 16.6. The van der Waals surface area contributed by atoms with E-state index in [-0.39, 0.29) is 17.5 Å². The number of fused-ring (bicyclic) bond motifs is 2. The van der Waals surface area contributed by atoms with Crippen LogP contribution in [0.5, 0.6) is 0 Å². The van der Waals surface area contributed by atoms with Crippen molar-refractivity contribution in [2.45, 2.75) is 38.6 Å². The maximum atomic E-state index is 11.3. The van der Waals surface area contributed by atoms with E-state index in [2.05, 4.69) is 27.5 Å². The number of nitrogens with zero attached hydrogens (tertiary/aromatic N) is 3. The van der Waals surface area contributed by atoms with Crippen molar-refractivity contribution >= 4 is 17.3 Å². The van der Waals surface area contributed by atoms with E-state index in [1.54, 1.807) is 7.05 Å². The van der Waals surface area contributed by atoms with Crippen LogP contribution in [0, 0.1) is 27.9 Å². The Balaban J connectivity index is 1.79. The van der Waals surface area contributed by atoms with Crippen molar-refractivity contribution in [3.8, 4) is 0 Å². The van der Waals surface area contributed by atoms with Gasteiger partial charge in [0.2, 0.25) is 11.6 Å². The van der Waals surface area contributed by atoms with Crippen LogP contribution in [0.3, 0.4) is 0 Å². The summed E-state index contributed by atoms with van der Waals surface area (Å²) in [5.74, 6) is 2.78. The van der Waals surface area contributed by atoms with Crippen molar-refractivity contribution in [2.75, 3.05) is 17.7 Å². The largest absolute Gasteiger partial charge is 0.367 e. The molecule has 2 aliphatic carbocycles. The van der Waals surface area contributed by atoms with Crippen LogP contribution >= 0.6 is 0 Å². The molecule has 2 N–H and O–H groups in total. The van der Waals surface area contributed by atoms with Crippen LogP contribution in [0.4, 0.5) is 17.3 Å². The summed E-state index contributed by atoms with van der Waals surface area (Å²) >= 11 is 0. The van der Waals surface area contributed by atoms with Crippen molar-refractivity contribution in [3.63, 3.8) is 0 Å². The van der Waals surface area contributed by atoms with E-state index in [9.17, 15) is 10.1 Å². The first-order valence-corrected chi connectivity index (χ1v) is 7.53. The van der Waals surface area contributed by atoms with Gasteiger partial charge in [0.1, 0.15) is 6.33 Å². The van der Waals surface area contributed by atoms with Gasteiger partial charge in [-0.15, -0.1) is 0 Å². The maximum Gasteiger partial charge on any atom is 0.353 e. The average Bonchev–Trinajstić information content (AvgIpc) is 3.09. The molecule has 4 atom stereocenters. The number of rotatable bonds is 5. The first-order chi connectivity index (χ1) is 10.1. The molecular formula is C14H21N5O2. The van der Waals surface area contributed by atoms with Crippen molar-refractivity contribution in [1.82, 2.24) is 9.97 Å². The summed E-state index contributed by atoms with van der Waals surface area (Å²) in [4.78, 5) is 18.8. The van der Waals surface area contributed by atoms with E-state index >= 15 is 0 Å². The smallest absolute Gasteiger partial charge is 0.353 e. The summed E-state index contributed by atoms with van der Waals surface area (Å²) in [5, 5.41) is 17.3. The van der Waals surface area contributed by atoms with Gasteiger partial charge < -0.3 is 10.6 Å². The van der Waals surface area contributed by atoms with Gasteiger partial charge in [-0.25, -0.2) is 9.97 Å². The second-order valence-corrected chi connectivity index (χ2v) is 6.20. The topological polar surface area (TPSA) is 93.0 Å². The molecule has 3 rings (SSSR count). The van der Waals surface area contributed by atoms with Crippen molar-refractivity contribution in [1.29, 1.82) is 0 Å². The molecule has 1 aromatic heterocycles. The van der Waals surface area contributed by atoms with Crippen LogP contribution in [-0.4, -0.2) is 28.0 Å². The molecule has 0 aromatic carbocycles. The SMILES string of the molecule is CNc1ncnc(NC(C)C2CC3CCC2C3)c1[N+](=O)[O-]. The summed E-state index contributed by atoms with van der Waals surface area (Å²) in [6.45, 7) is 2.11. The molecule has 114 valence electrons. The third-order valence-corrected chi connectivity index (χ3v) is 5.04. The molecule has 2 aliphatic rings. The quantitative estimate of drug-likeness (QED) is 0.640. The van der Waals surface area contributed by atoms with Gasteiger partial charge in [-0.3, -0.25) is 10.1 Å². The highest BCUT2D eigenvalue weighted by Crippen LogP contribution is 2.50. The molecule has 0 radical (unpaired) electrons. The van der Waals surface area contributed by atoms with Gasteiger partial charge in [-0.2, -0.15) is 0 Å². The Morgan fingerprint density at radius 2 is 2.10 bits per heavy atom. The van der Waals surface area contributed by atoms with Gasteiger partial charge in [-0.05, 0) is 43.9 Å². The molecule has 21 heavy (non-hydrogen) atoms. The predicted octanol–water partition coefficient (Wildman–Crippen LogP) is 2.66. The molecule has 0 saturated heterocycles. The number of hydrogen-bond donors (Lipinski definition) is 2. The predicted molar refractivity (Wildman–Crippen MR) is 80.3 cm³/mol. The van der Waals surface area contributed by atoms with Crippen LogP contribution in [0.2, 0.25) is 0 Å². The summed E-state index contributed by atoms with van der Waals surface area (Å²) in [7, 11) is 1.62. The highest BCUT2D eigenvalue weighted by molar-refractivity contribution is 5.69. The first-order valence-electron chi connectivity index (χ1n) is 7.53. The second-order valence-electron chi connectivity index (χ2n) is 6.20. The van der Waals surface area contributed by atoms with E-state index in [0.717, 1.165) is 11.8 Å². The lowest BCUT2D eigenvalue weighted by Gasteiger charge is -2.28. The van der Waals surface area contributed by atoms with Crippen molar-refractivity contribution in [2.24, 2.45) is 17.8 Å². The Bertz CT molecular complexity index is 550. The Hall–Kier alpha value is -1.92. The van der Waals surface area contributed by atoms with E-state index in [1.807, 2.05) is 0 Å². The average molecular weight is 291 g/mol. The van der Waals surface area contributed by atoms with Crippen LogP contribution in [0.25, 0.3) is 0 Å². The second kappa shape index (κ2) is 5.46. The van der Waals surface area contributed by atoms with Gasteiger partial charge >= 0.3 is 5.69 Å². The van der Waals surface area contributed by atoms with E-state index in [4.69, 9.17) is 0 Å². The molecule has 7 nitrogen and oxygen atoms in total. The van der Waals surface area contributed by atoms with E-state index in [0.29, 0.717) is 11.7 Å². The molecular weight excluding hydrogens is 270 g/mol. The zero-order chi connectivity index (χ0) is 15.0. The molecule has 7 heteroatoms. The lowest BCUT2D eigenvalue weighted by molar-refractivity contribution is -0.383. The number of aromatic nitrogens is 2. The number of anilines is 2. The minimum absolute atomic E-state index is 0.0741. The molecule has 2 fully saturated rings. The number of nitro groups is 1. The van der Waals surface area contributed by atoms with E-state index in [1.165, 1.54) is 32.0 Å². The minimum atomic E-state index is -0.429. The normalized spacial score (nSPS) is 28.4. The number of hydrogen-bond acceptors (Lipinski definition) is 6. The molecule has 2 bridgehead atoms. The summed E-state index contributed by atoms with van der Waals surface area (Å²) < 4.78 is 0. The lowest BCUT2D eigenvalue weighted by Crippen LogP contribution is -2.30. The third kappa shape index (κ3) is 2.52. The van der Waals surface area contributed by atoms with Gasteiger partial charge in [0, 0.05) is 13.1 Å². The Labute approximate surface area is 123 Å². The van der Waals surface area contributed by atoms with Gasteiger partial charge in [-0.1, -0.05) is 6.42 Å². The van der Waals surface area contributed by atoms with Crippen LogP contribution in [0.15, 0.2) is 6.33 Å². The molecule has 4 unspecified atom stereocenters. The van der Waals surface area contributed by atoms with Crippen molar-refractivity contribution in [3.05, 3.63) is 16.4 Å². The molecule has 0 amide bonds. The molecule has 0 spiro atoms. The summed E-state index contributed by atoms with van der Waals surface area (Å²) in [6.07, 6.45) is 6.57. The molecule has 0 aliphatic heterocycles. The zero-order valence-electron chi connectivity index (χ0n) is 12.4. The summed E-state index contributed by atoms with van der Waals surface area (Å²) in [6, 6.07) is 0.193. The zero-order valence-corrected chi connectivity index (χ0v) is 12.4. The summed E-state index contributed by atoms with van der Waals surface area (Å²) in [5.41, 5.74) is -0.0741. The fraction of sp³-hybridized carbons (Fsp3) is 0.714. The van der Waals surface area contributed by atoms with Crippen LogP contribution < -0.4 is 10.6 Å². The van der Waals surface area contributed by atoms with E-state index < -0.39 is 4.92 Å². The van der Waals surface area contributed by atoms with Gasteiger partial charge in [0.25, 0.3) is 0 Å². The first kappa shape index (κ1) is 14.0. The maximum absolute atomic E-state index is 11.3. The Morgan fingerprint density at radius 3 is 2.67 bits per heavy atom. The molecule has 1 aromatic rings. The van der Waals surface area contributed by atoms with Crippen LogP contribution in [0.1, 0.15) is 32.6 Å². The molecule has 1 heterocycles. The van der Waals surface area contributed by atoms with Crippen molar-refractivity contribution < 1.29 is 4.92 Å². The Morgan fingerprint density at radius 1 is 1.33 bits per heavy atom. The monoisotopic (exact) mass is 291 g/mol. The fourth-order valence-corrected chi connectivity index (χ4v) is 4.07. The van der Waals surface area contributed by atoms with Gasteiger partial charge in [0.05, 0.1) is 4.92 Å². The fourth-order valence-electron chi connectivity index (χ4n) is 4.07. The van der Waals surface area contributed by atoms with Crippen LogP contribution in [-0.2, 0) is 0 Å². The Kier molecular flexibility index (Phi) is 3.65. The molecule has 2 saturated carbocycles. The lowest BCUT2D eigenvalue weighted by atomic mass is 9.84. The standard InChI is InChI=1S/C14H21N5O2/c1-8(11-6-9-3-4-10(11)5-9)18-14-12(19(20)21)13(15-2)16-7-17-14/h7-11H,3-6H2,1-2H3,(H2,15,16,17,18). The third-order valence-electron chi connectivity index (χ3n) is 5.04. The minimum Gasteiger partial charge on any atom is -0.367 e. The highest BCUT2D eigenvalue weighted by Gasteiger charge is 2.42. The number of nitrogens with one attached hydrogen (secondary N) is 2. The van der Waals surface area contributed by atoms with Gasteiger partial charge in [0.15, 0.2) is 0 Å².